The van der Waals surface area contributed by atoms with Crippen molar-refractivity contribution in [2.24, 2.45) is 0 Å². The molecule has 22 heavy (non-hydrogen) atoms. The van der Waals surface area contributed by atoms with Crippen LogP contribution in [0.2, 0.25) is 0 Å². The number of aromatic nitrogens is 2. The van der Waals surface area contributed by atoms with Gasteiger partial charge in [0.2, 0.25) is 0 Å². The minimum Gasteiger partial charge on any atom is -0.395 e. The predicted octanol–water partition coefficient (Wildman–Crippen LogP) is 1.14. The third-order valence-electron chi connectivity index (χ3n) is 4.25. The summed E-state index contributed by atoms with van der Waals surface area (Å²) in [5.74, 6) is 0.160. The third-order valence-corrected chi connectivity index (χ3v) is 4.25. The maximum absolute atomic E-state index is 12.1. The van der Waals surface area contributed by atoms with Crippen molar-refractivity contribution in [3.63, 3.8) is 0 Å². The lowest BCUT2D eigenvalue weighted by molar-refractivity contribution is 0.0845. The molecule has 2 aromatic rings. The molecule has 0 unspecified atom stereocenters. The quantitative estimate of drug-likeness (QED) is 0.773. The lowest BCUT2D eigenvalue weighted by Gasteiger charge is -2.34. The van der Waals surface area contributed by atoms with E-state index in [1.54, 1.807) is 0 Å². The van der Waals surface area contributed by atoms with E-state index in [1.165, 1.54) is 6.42 Å². The summed E-state index contributed by atoms with van der Waals surface area (Å²) in [5, 5.41) is 12.3. The highest BCUT2D eigenvalue weighted by atomic mass is 16.3. The molecule has 1 amide bonds. The molecule has 0 saturated carbocycles. The van der Waals surface area contributed by atoms with Crippen molar-refractivity contribution in [3.8, 4) is 0 Å². The number of aliphatic hydroxyl groups is 1. The number of hydrogen-bond donors (Lipinski definition) is 3. The number of nitrogens with one attached hydrogen (secondary N) is 2. The van der Waals surface area contributed by atoms with Crippen LogP contribution in [0.3, 0.4) is 0 Å². The summed E-state index contributed by atoms with van der Waals surface area (Å²) < 4.78 is 0. The summed E-state index contributed by atoms with van der Waals surface area (Å²) >= 11 is 0. The van der Waals surface area contributed by atoms with Crippen LogP contribution in [0.4, 0.5) is 0 Å². The predicted molar refractivity (Wildman–Crippen MR) is 84.7 cm³/mol. The fourth-order valence-corrected chi connectivity index (χ4v) is 3.02. The van der Waals surface area contributed by atoms with E-state index in [0.29, 0.717) is 12.4 Å². The second-order valence-electron chi connectivity index (χ2n) is 5.73. The average Bonchev–Trinajstić information content (AvgIpc) is 2.99. The van der Waals surface area contributed by atoms with E-state index in [4.69, 9.17) is 0 Å². The van der Waals surface area contributed by atoms with E-state index in [1.807, 2.05) is 24.3 Å². The standard InChI is InChI=1S/C16H22N4O2/c21-11-12-5-3-4-9-20(12)10-8-17-16(22)15-18-13-6-1-2-7-14(13)19-15/h1-2,6-7,12,21H,3-5,8-11H2,(H,17,22)(H,18,19)/t12-/m0/s1. The number of imidazole rings is 1. The zero-order valence-corrected chi connectivity index (χ0v) is 12.6. The lowest BCUT2D eigenvalue weighted by atomic mass is 10.0. The number of piperidine rings is 1. The summed E-state index contributed by atoms with van der Waals surface area (Å²) in [6.45, 7) is 2.51. The van der Waals surface area contributed by atoms with Crippen LogP contribution in [0.15, 0.2) is 24.3 Å². The van der Waals surface area contributed by atoms with Gasteiger partial charge in [0, 0.05) is 19.1 Å². The Labute approximate surface area is 129 Å². The van der Waals surface area contributed by atoms with Gasteiger partial charge in [0.15, 0.2) is 5.82 Å². The molecule has 1 aromatic carbocycles. The number of para-hydroxylation sites is 2. The first kappa shape index (κ1) is 15.0. The number of benzene rings is 1. The summed E-state index contributed by atoms with van der Waals surface area (Å²) in [5.41, 5.74) is 1.66. The van der Waals surface area contributed by atoms with Crippen LogP contribution >= 0.6 is 0 Å². The Morgan fingerprint density at radius 1 is 1.41 bits per heavy atom. The Kier molecular flexibility index (Phi) is 4.70. The number of H-pyrrole nitrogens is 1. The van der Waals surface area contributed by atoms with E-state index >= 15 is 0 Å². The SMILES string of the molecule is O=C(NCCN1CCCC[C@H]1CO)c1nc2ccccc2[nH]1. The van der Waals surface area contributed by atoms with Gasteiger partial charge in [-0.15, -0.1) is 0 Å². The Morgan fingerprint density at radius 2 is 2.27 bits per heavy atom. The smallest absolute Gasteiger partial charge is 0.287 e. The second kappa shape index (κ2) is 6.89. The van der Waals surface area contributed by atoms with Crippen molar-refractivity contribution < 1.29 is 9.90 Å². The minimum atomic E-state index is -0.186. The number of carbonyl (C=O) groups is 1. The van der Waals surface area contributed by atoms with Crippen molar-refractivity contribution >= 4 is 16.9 Å². The number of carbonyl (C=O) groups excluding carboxylic acids is 1. The lowest BCUT2D eigenvalue weighted by Crippen LogP contribution is -2.45. The number of amides is 1. The van der Waals surface area contributed by atoms with Gasteiger partial charge in [-0.3, -0.25) is 9.69 Å². The number of aromatic amines is 1. The molecule has 0 radical (unpaired) electrons. The number of nitrogens with zero attached hydrogens (tertiary/aromatic N) is 2. The number of fused-ring (bicyclic) bond motifs is 1. The van der Waals surface area contributed by atoms with Crippen LogP contribution in [0.5, 0.6) is 0 Å². The topological polar surface area (TPSA) is 81.2 Å². The Balaban J connectivity index is 1.53. The van der Waals surface area contributed by atoms with Crippen LogP contribution in [0, 0.1) is 0 Å². The van der Waals surface area contributed by atoms with E-state index in [-0.39, 0.29) is 18.6 Å². The monoisotopic (exact) mass is 302 g/mol. The molecule has 1 aliphatic heterocycles. The first-order valence-electron chi connectivity index (χ1n) is 7.86. The minimum absolute atomic E-state index is 0.186. The highest BCUT2D eigenvalue weighted by molar-refractivity contribution is 5.94. The van der Waals surface area contributed by atoms with Gasteiger partial charge in [-0.05, 0) is 31.5 Å². The highest BCUT2D eigenvalue weighted by Gasteiger charge is 2.21. The number of likely N-dealkylation sites (tertiary alicyclic amines) is 1. The molecule has 0 aliphatic carbocycles. The van der Waals surface area contributed by atoms with E-state index in [2.05, 4.69) is 20.2 Å². The van der Waals surface area contributed by atoms with Gasteiger partial charge in [0.1, 0.15) is 0 Å². The van der Waals surface area contributed by atoms with Gasteiger partial charge < -0.3 is 15.4 Å². The molecule has 0 spiro atoms. The van der Waals surface area contributed by atoms with Crippen LogP contribution in [0.1, 0.15) is 29.9 Å². The van der Waals surface area contributed by atoms with Gasteiger partial charge in [-0.1, -0.05) is 18.6 Å². The third kappa shape index (κ3) is 3.28. The molecule has 2 heterocycles. The molecule has 6 nitrogen and oxygen atoms in total. The number of hydrogen-bond acceptors (Lipinski definition) is 4. The van der Waals surface area contributed by atoms with Crippen LogP contribution in [-0.4, -0.2) is 58.2 Å². The molecule has 0 bridgehead atoms. The molecule has 3 N–H and O–H groups in total. The van der Waals surface area contributed by atoms with Crippen molar-refractivity contribution in [2.45, 2.75) is 25.3 Å². The fourth-order valence-electron chi connectivity index (χ4n) is 3.02. The van der Waals surface area contributed by atoms with Crippen molar-refractivity contribution in [2.75, 3.05) is 26.2 Å². The zero-order valence-electron chi connectivity index (χ0n) is 12.6. The van der Waals surface area contributed by atoms with Crippen molar-refractivity contribution in [1.82, 2.24) is 20.2 Å². The van der Waals surface area contributed by atoms with Crippen molar-refractivity contribution in [1.29, 1.82) is 0 Å². The molecule has 6 heteroatoms. The molecule has 1 aromatic heterocycles. The van der Waals surface area contributed by atoms with Crippen molar-refractivity contribution in [3.05, 3.63) is 30.1 Å². The number of aliphatic hydroxyl groups excluding tert-OH is 1. The largest absolute Gasteiger partial charge is 0.395 e. The molecule has 118 valence electrons. The van der Waals surface area contributed by atoms with E-state index < -0.39 is 0 Å². The Bertz CT molecular complexity index is 607. The van der Waals surface area contributed by atoms with Gasteiger partial charge in [0.05, 0.1) is 17.6 Å². The summed E-state index contributed by atoms with van der Waals surface area (Å²) in [4.78, 5) is 21.7. The maximum atomic E-state index is 12.1. The summed E-state index contributed by atoms with van der Waals surface area (Å²) in [6, 6.07) is 7.82. The first-order valence-corrected chi connectivity index (χ1v) is 7.86. The second-order valence-corrected chi connectivity index (χ2v) is 5.73. The fraction of sp³-hybridized carbons (Fsp3) is 0.500. The summed E-state index contributed by atoms with van der Waals surface area (Å²) in [7, 11) is 0. The Morgan fingerprint density at radius 3 is 3.09 bits per heavy atom. The Hall–Kier alpha value is -1.92. The van der Waals surface area contributed by atoms with Crippen LogP contribution in [-0.2, 0) is 0 Å². The van der Waals surface area contributed by atoms with Gasteiger partial charge in [-0.2, -0.15) is 0 Å². The molecule has 1 atom stereocenters. The highest BCUT2D eigenvalue weighted by Crippen LogP contribution is 2.15. The van der Waals surface area contributed by atoms with E-state index in [0.717, 1.165) is 37.0 Å². The van der Waals surface area contributed by atoms with Gasteiger partial charge in [-0.25, -0.2) is 4.98 Å². The average molecular weight is 302 g/mol. The van der Waals surface area contributed by atoms with Gasteiger partial charge >= 0.3 is 0 Å². The molecule has 1 saturated heterocycles. The normalized spacial score (nSPS) is 19.4. The summed E-state index contributed by atoms with van der Waals surface area (Å²) in [6.07, 6.45) is 3.37. The zero-order chi connectivity index (χ0) is 15.4. The molecular formula is C16H22N4O2. The number of rotatable bonds is 5. The van der Waals surface area contributed by atoms with Crippen LogP contribution in [0.25, 0.3) is 11.0 Å². The molecule has 3 rings (SSSR count). The maximum Gasteiger partial charge on any atom is 0.287 e. The molecule has 1 fully saturated rings. The molecule has 1 aliphatic rings. The van der Waals surface area contributed by atoms with E-state index in [9.17, 15) is 9.90 Å². The first-order chi connectivity index (χ1) is 10.8. The van der Waals surface area contributed by atoms with Gasteiger partial charge in [0.25, 0.3) is 5.91 Å². The van der Waals surface area contributed by atoms with Crippen LogP contribution < -0.4 is 5.32 Å². The molecular weight excluding hydrogens is 280 g/mol.